The highest BCUT2D eigenvalue weighted by Crippen LogP contribution is 2.41. The molecule has 0 fully saturated rings. The smallest absolute Gasteiger partial charge is 0.127 e. The molecule has 2 aromatic carbocycles. The molecule has 4 heteroatoms. The van der Waals surface area contributed by atoms with Crippen molar-refractivity contribution in [1.82, 2.24) is 0 Å². The minimum Gasteiger partial charge on any atom is -0.497 e. The van der Waals surface area contributed by atoms with Gasteiger partial charge in [-0.15, -0.1) is 0 Å². The van der Waals surface area contributed by atoms with E-state index in [1.165, 1.54) is 0 Å². The third-order valence-electron chi connectivity index (χ3n) is 3.21. The highest BCUT2D eigenvalue weighted by Gasteiger charge is 2.19. The molecule has 2 nitrogen and oxygen atoms in total. The summed E-state index contributed by atoms with van der Waals surface area (Å²) in [7, 11) is 3.29. The van der Waals surface area contributed by atoms with E-state index in [4.69, 9.17) is 21.1 Å². The van der Waals surface area contributed by atoms with Crippen LogP contribution in [-0.4, -0.2) is 14.2 Å². The van der Waals surface area contributed by atoms with E-state index in [2.05, 4.69) is 15.9 Å². The number of aryl methyl sites for hydroxylation is 1. The fourth-order valence-corrected chi connectivity index (χ4v) is 3.19. The quantitative estimate of drug-likeness (QED) is 0.706. The number of benzene rings is 2. The normalized spacial score (nSPS) is 12.1. The Morgan fingerprint density at radius 2 is 1.80 bits per heavy atom. The summed E-state index contributed by atoms with van der Waals surface area (Å²) in [6.07, 6.45) is 0. The van der Waals surface area contributed by atoms with Crippen LogP contribution < -0.4 is 9.47 Å². The summed E-state index contributed by atoms with van der Waals surface area (Å²) in [6, 6.07) is 11.8. The van der Waals surface area contributed by atoms with Gasteiger partial charge in [-0.05, 0) is 24.1 Å². The Bertz CT molecular complexity index is 613. The van der Waals surface area contributed by atoms with Gasteiger partial charge in [-0.1, -0.05) is 51.8 Å². The van der Waals surface area contributed by atoms with Crippen molar-refractivity contribution in [2.24, 2.45) is 0 Å². The number of rotatable bonds is 4. The first-order chi connectivity index (χ1) is 9.58. The van der Waals surface area contributed by atoms with Crippen LogP contribution in [0.5, 0.6) is 11.5 Å². The Morgan fingerprint density at radius 3 is 2.45 bits per heavy atom. The zero-order chi connectivity index (χ0) is 14.7. The Morgan fingerprint density at radius 1 is 1.05 bits per heavy atom. The molecule has 0 saturated carbocycles. The molecule has 2 aromatic rings. The second-order valence-corrected chi connectivity index (χ2v) is 5.74. The molecule has 1 unspecified atom stereocenters. The van der Waals surface area contributed by atoms with Gasteiger partial charge in [-0.25, -0.2) is 0 Å². The highest BCUT2D eigenvalue weighted by atomic mass is 79.9. The third kappa shape index (κ3) is 2.94. The topological polar surface area (TPSA) is 18.5 Å². The number of methoxy groups -OCH3 is 2. The molecule has 0 spiro atoms. The van der Waals surface area contributed by atoms with Crippen LogP contribution in [0.1, 0.15) is 21.5 Å². The Kier molecular flexibility index (Phi) is 4.95. The SMILES string of the molecule is COc1ccc(C(Br)c2cccc(C)c2Cl)c(OC)c1. The fourth-order valence-electron chi connectivity index (χ4n) is 2.06. The van der Waals surface area contributed by atoms with E-state index in [0.29, 0.717) is 0 Å². The Balaban J connectivity index is 2.47. The average Bonchev–Trinajstić information content (AvgIpc) is 2.48. The van der Waals surface area contributed by atoms with Crippen LogP contribution in [0.3, 0.4) is 0 Å². The largest absolute Gasteiger partial charge is 0.497 e. The number of ether oxygens (including phenoxy) is 2. The zero-order valence-electron chi connectivity index (χ0n) is 11.6. The first-order valence-corrected chi connectivity index (χ1v) is 7.48. The van der Waals surface area contributed by atoms with Gasteiger partial charge in [0.25, 0.3) is 0 Å². The number of hydrogen-bond acceptors (Lipinski definition) is 2. The van der Waals surface area contributed by atoms with E-state index < -0.39 is 0 Å². The predicted molar refractivity (Wildman–Crippen MR) is 86.5 cm³/mol. The average molecular weight is 356 g/mol. The van der Waals surface area contributed by atoms with Crippen molar-refractivity contribution in [2.45, 2.75) is 11.8 Å². The van der Waals surface area contributed by atoms with Crippen molar-refractivity contribution < 1.29 is 9.47 Å². The summed E-state index contributed by atoms with van der Waals surface area (Å²) in [5, 5.41) is 0.771. The lowest BCUT2D eigenvalue weighted by atomic mass is 10.0. The predicted octanol–water partition coefficient (Wildman–Crippen LogP) is 5.15. The zero-order valence-corrected chi connectivity index (χ0v) is 14.0. The Hall–Kier alpha value is -1.19. The lowest BCUT2D eigenvalue weighted by molar-refractivity contribution is 0.391. The van der Waals surface area contributed by atoms with Gasteiger partial charge in [0.05, 0.1) is 19.0 Å². The van der Waals surface area contributed by atoms with Gasteiger partial charge in [-0.2, -0.15) is 0 Å². The van der Waals surface area contributed by atoms with Crippen LogP contribution in [0.2, 0.25) is 5.02 Å². The maximum atomic E-state index is 6.40. The molecular formula is C16H16BrClO2. The molecule has 0 saturated heterocycles. The maximum Gasteiger partial charge on any atom is 0.127 e. The monoisotopic (exact) mass is 354 g/mol. The van der Waals surface area contributed by atoms with E-state index in [-0.39, 0.29) is 4.83 Å². The first-order valence-electron chi connectivity index (χ1n) is 6.19. The maximum absolute atomic E-state index is 6.40. The number of halogens is 2. The fraction of sp³-hybridized carbons (Fsp3) is 0.250. The molecule has 0 aromatic heterocycles. The van der Waals surface area contributed by atoms with E-state index in [1.807, 2.05) is 43.3 Å². The molecule has 0 heterocycles. The third-order valence-corrected chi connectivity index (χ3v) is 4.71. The summed E-state index contributed by atoms with van der Waals surface area (Å²) in [5.41, 5.74) is 3.09. The lowest BCUT2D eigenvalue weighted by Gasteiger charge is -2.17. The molecule has 0 amide bonds. The van der Waals surface area contributed by atoms with E-state index in [9.17, 15) is 0 Å². The van der Waals surface area contributed by atoms with Gasteiger partial charge in [0.15, 0.2) is 0 Å². The molecule has 0 aliphatic rings. The molecule has 0 radical (unpaired) electrons. The van der Waals surface area contributed by atoms with Gasteiger partial charge in [0.1, 0.15) is 11.5 Å². The summed E-state index contributed by atoms with van der Waals surface area (Å²) >= 11 is 10.1. The first kappa shape index (κ1) is 15.2. The minimum absolute atomic E-state index is 0.0317. The van der Waals surface area contributed by atoms with Crippen molar-refractivity contribution in [2.75, 3.05) is 14.2 Å². The van der Waals surface area contributed by atoms with Gasteiger partial charge >= 0.3 is 0 Å². The van der Waals surface area contributed by atoms with E-state index in [1.54, 1.807) is 14.2 Å². The second-order valence-electron chi connectivity index (χ2n) is 4.45. The van der Waals surface area contributed by atoms with Crippen molar-refractivity contribution in [3.05, 3.63) is 58.1 Å². The van der Waals surface area contributed by atoms with Crippen LogP contribution in [-0.2, 0) is 0 Å². The molecule has 2 rings (SSSR count). The molecule has 20 heavy (non-hydrogen) atoms. The van der Waals surface area contributed by atoms with E-state index >= 15 is 0 Å². The van der Waals surface area contributed by atoms with Crippen LogP contribution in [0, 0.1) is 6.92 Å². The van der Waals surface area contributed by atoms with Gasteiger partial charge in [-0.3, -0.25) is 0 Å². The van der Waals surface area contributed by atoms with E-state index in [0.717, 1.165) is 33.2 Å². The Labute approximate surface area is 132 Å². The minimum atomic E-state index is -0.0317. The number of hydrogen-bond donors (Lipinski definition) is 0. The molecule has 0 bridgehead atoms. The molecule has 0 aliphatic heterocycles. The molecule has 1 atom stereocenters. The van der Waals surface area contributed by atoms with Gasteiger partial charge in [0, 0.05) is 16.7 Å². The van der Waals surface area contributed by atoms with Crippen molar-refractivity contribution in [3.63, 3.8) is 0 Å². The standard InChI is InChI=1S/C16H16BrClO2/c1-10-5-4-6-13(16(10)18)15(17)12-8-7-11(19-2)9-14(12)20-3/h4-9,15H,1-3H3. The van der Waals surface area contributed by atoms with Crippen LogP contribution in [0.15, 0.2) is 36.4 Å². The lowest BCUT2D eigenvalue weighted by Crippen LogP contribution is -1.99. The molecule has 106 valence electrons. The highest BCUT2D eigenvalue weighted by molar-refractivity contribution is 9.09. The van der Waals surface area contributed by atoms with Crippen LogP contribution in [0.4, 0.5) is 0 Å². The number of alkyl halides is 1. The summed E-state index contributed by atoms with van der Waals surface area (Å²) < 4.78 is 10.7. The van der Waals surface area contributed by atoms with Crippen LogP contribution in [0.25, 0.3) is 0 Å². The summed E-state index contributed by atoms with van der Waals surface area (Å²) in [6.45, 7) is 2.00. The van der Waals surface area contributed by atoms with Crippen molar-refractivity contribution in [3.8, 4) is 11.5 Å². The molecule has 0 aliphatic carbocycles. The molecular weight excluding hydrogens is 340 g/mol. The van der Waals surface area contributed by atoms with Crippen molar-refractivity contribution >= 4 is 27.5 Å². The molecule has 0 N–H and O–H groups in total. The summed E-state index contributed by atoms with van der Waals surface area (Å²) in [4.78, 5) is -0.0317. The van der Waals surface area contributed by atoms with Gasteiger partial charge in [0.2, 0.25) is 0 Å². The second kappa shape index (κ2) is 6.51. The van der Waals surface area contributed by atoms with Crippen molar-refractivity contribution in [1.29, 1.82) is 0 Å². The summed E-state index contributed by atoms with van der Waals surface area (Å²) in [5.74, 6) is 1.53. The van der Waals surface area contributed by atoms with Crippen LogP contribution >= 0.6 is 27.5 Å². The van der Waals surface area contributed by atoms with Gasteiger partial charge < -0.3 is 9.47 Å².